The number of rotatable bonds is 7. The van der Waals surface area contributed by atoms with Crippen molar-refractivity contribution in [2.24, 2.45) is 0 Å². The smallest absolute Gasteiger partial charge is 0.251 e. The van der Waals surface area contributed by atoms with Crippen molar-refractivity contribution in [1.29, 1.82) is 0 Å². The standard InChI is InChI=1S/C19H30N4O4S/c1-28(25,26)22-11-2-3-18(15-22)23(17-6-13-27-14-7-17)12-10-21-19(24)16-4-8-20-9-5-16/h4-5,8-9,17-18H,2-3,6-7,10-15H2,1H3,(H,21,24). The first kappa shape index (κ1) is 21.2. The molecule has 3 heterocycles. The molecule has 2 fully saturated rings. The van der Waals surface area contributed by atoms with E-state index >= 15 is 0 Å². The van der Waals surface area contributed by atoms with Gasteiger partial charge in [-0.15, -0.1) is 0 Å². The van der Waals surface area contributed by atoms with E-state index in [4.69, 9.17) is 4.74 Å². The molecule has 1 amide bonds. The molecular formula is C19H30N4O4S. The average Bonchev–Trinajstić information content (AvgIpc) is 2.72. The largest absolute Gasteiger partial charge is 0.381 e. The van der Waals surface area contributed by atoms with Crippen LogP contribution in [0.3, 0.4) is 0 Å². The van der Waals surface area contributed by atoms with Crippen molar-refractivity contribution in [2.45, 2.75) is 37.8 Å². The van der Waals surface area contributed by atoms with E-state index in [1.165, 1.54) is 6.26 Å². The molecule has 156 valence electrons. The molecule has 0 aromatic carbocycles. The predicted octanol–water partition coefficient (Wildman–Crippen LogP) is 0.716. The summed E-state index contributed by atoms with van der Waals surface area (Å²) in [6.07, 6.45) is 8.20. The number of carbonyl (C=O) groups excluding carboxylic acids is 1. The summed E-state index contributed by atoms with van der Waals surface area (Å²) in [5.74, 6) is -0.115. The maximum Gasteiger partial charge on any atom is 0.251 e. The van der Waals surface area contributed by atoms with Crippen molar-refractivity contribution in [3.63, 3.8) is 0 Å². The van der Waals surface area contributed by atoms with Gasteiger partial charge in [0.05, 0.1) is 6.26 Å². The van der Waals surface area contributed by atoms with Gasteiger partial charge in [-0.2, -0.15) is 0 Å². The second kappa shape index (κ2) is 9.78. The SMILES string of the molecule is CS(=O)(=O)N1CCCC(N(CCNC(=O)c2ccncc2)C2CCOCC2)C1. The zero-order valence-electron chi connectivity index (χ0n) is 16.4. The quantitative estimate of drug-likeness (QED) is 0.712. The zero-order valence-corrected chi connectivity index (χ0v) is 17.2. The van der Waals surface area contributed by atoms with Crippen LogP contribution >= 0.6 is 0 Å². The highest BCUT2D eigenvalue weighted by molar-refractivity contribution is 7.88. The Labute approximate surface area is 167 Å². The highest BCUT2D eigenvalue weighted by atomic mass is 32.2. The maximum atomic E-state index is 12.3. The highest BCUT2D eigenvalue weighted by Gasteiger charge is 2.33. The van der Waals surface area contributed by atoms with Crippen molar-refractivity contribution in [3.8, 4) is 0 Å². The number of nitrogens with zero attached hydrogens (tertiary/aromatic N) is 3. The van der Waals surface area contributed by atoms with Crippen molar-refractivity contribution < 1.29 is 17.9 Å². The van der Waals surface area contributed by atoms with Gasteiger partial charge in [0.15, 0.2) is 0 Å². The third-order valence-corrected chi connectivity index (χ3v) is 6.82. The topological polar surface area (TPSA) is 91.8 Å². The van der Waals surface area contributed by atoms with Gasteiger partial charge in [0.1, 0.15) is 0 Å². The number of aromatic nitrogens is 1. The summed E-state index contributed by atoms with van der Waals surface area (Å²) >= 11 is 0. The first-order chi connectivity index (χ1) is 13.4. The van der Waals surface area contributed by atoms with Crippen LogP contribution in [0.1, 0.15) is 36.0 Å². The Kier molecular flexibility index (Phi) is 7.39. The van der Waals surface area contributed by atoms with Crippen LogP contribution in [0.5, 0.6) is 0 Å². The number of piperidine rings is 1. The Morgan fingerprint density at radius 2 is 1.96 bits per heavy atom. The van der Waals surface area contributed by atoms with Gasteiger partial charge in [0.2, 0.25) is 10.0 Å². The van der Waals surface area contributed by atoms with Crippen LogP contribution in [-0.4, -0.2) is 86.2 Å². The van der Waals surface area contributed by atoms with Gasteiger partial charge in [0, 0.05) is 69.4 Å². The Hall–Kier alpha value is -1.55. The molecule has 9 heteroatoms. The molecule has 2 saturated heterocycles. The zero-order chi connectivity index (χ0) is 20.0. The van der Waals surface area contributed by atoms with Crippen molar-refractivity contribution in [1.82, 2.24) is 19.5 Å². The molecule has 2 aliphatic rings. The second-order valence-electron chi connectivity index (χ2n) is 7.49. The third-order valence-electron chi connectivity index (χ3n) is 5.56. The van der Waals surface area contributed by atoms with E-state index in [0.717, 1.165) is 38.9 Å². The minimum Gasteiger partial charge on any atom is -0.381 e. The summed E-state index contributed by atoms with van der Waals surface area (Å²) in [6, 6.07) is 3.91. The number of pyridine rings is 1. The summed E-state index contributed by atoms with van der Waals surface area (Å²) in [5, 5.41) is 2.98. The highest BCUT2D eigenvalue weighted by Crippen LogP contribution is 2.24. The van der Waals surface area contributed by atoms with E-state index in [-0.39, 0.29) is 11.9 Å². The number of amides is 1. The first-order valence-electron chi connectivity index (χ1n) is 9.92. The van der Waals surface area contributed by atoms with Gasteiger partial charge in [-0.25, -0.2) is 12.7 Å². The van der Waals surface area contributed by atoms with Gasteiger partial charge in [-0.1, -0.05) is 0 Å². The predicted molar refractivity (Wildman–Crippen MR) is 107 cm³/mol. The molecule has 1 N–H and O–H groups in total. The van der Waals surface area contributed by atoms with E-state index in [9.17, 15) is 13.2 Å². The van der Waals surface area contributed by atoms with Gasteiger partial charge < -0.3 is 10.1 Å². The minimum absolute atomic E-state index is 0.115. The fourth-order valence-corrected chi connectivity index (χ4v) is 4.98. The van der Waals surface area contributed by atoms with Gasteiger partial charge in [0.25, 0.3) is 5.91 Å². The lowest BCUT2D eigenvalue weighted by Gasteiger charge is -2.43. The van der Waals surface area contributed by atoms with E-state index < -0.39 is 10.0 Å². The average molecular weight is 411 g/mol. The lowest BCUT2D eigenvalue weighted by atomic mass is 9.99. The third kappa shape index (κ3) is 5.73. The number of sulfonamides is 1. The summed E-state index contributed by atoms with van der Waals surface area (Å²) in [7, 11) is -3.19. The number of ether oxygens (including phenoxy) is 1. The van der Waals surface area contributed by atoms with Crippen LogP contribution < -0.4 is 5.32 Å². The Bertz CT molecular complexity index is 738. The van der Waals surface area contributed by atoms with E-state index in [2.05, 4.69) is 15.2 Å². The molecule has 3 rings (SSSR count). The molecular weight excluding hydrogens is 380 g/mol. The molecule has 0 aliphatic carbocycles. The molecule has 0 bridgehead atoms. The number of hydrogen-bond acceptors (Lipinski definition) is 6. The fraction of sp³-hybridized carbons (Fsp3) is 0.684. The summed E-state index contributed by atoms with van der Waals surface area (Å²) in [6.45, 7) is 3.79. The monoisotopic (exact) mass is 410 g/mol. The number of hydrogen-bond donors (Lipinski definition) is 1. The number of carbonyl (C=O) groups is 1. The minimum atomic E-state index is -3.19. The molecule has 28 heavy (non-hydrogen) atoms. The number of nitrogens with one attached hydrogen (secondary N) is 1. The summed E-state index contributed by atoms with van der Waals surface area (Å²) < 4.78 is 31.1. The van der Waals surface area contributed by atoms with Crippen LogP contribution in [0.15, 0.2) is 24.5 Å². The molecule has 0 radical (unpaired) electrons. The Balaban J connectivity index is 1.63. The van der Waals surface area contributed by atoms with Gasteiger partial charge in [-0.05, 0) is 37.8 Å². The van der Waals surface area contributed by atoms with E-state index in [1.54, 1.807) is 28.8 Å². The van der Waals surface area contributed by atoms with Crippen LogP contribution in [0.4, 0.5) is 0 Å². The fourth-order valence-electron chi connectivity index (χ4n) is 4.08. The molecule has 0 spiro atoms. The normalized spacial score (nSPS) is 22.3. The molecule has 0 saturated carbocycles. The van der Waals surface area contributed by atoms with Crippen molar-refractivity contribution in [3.05, 3.63) is 30.1 Å². The van der Waals surface area contributed by atoms with Crippen LogP contribution in [0, 0.1) is 0 Å². The lowest BCUT2D eigenvalue weighted by molar-refractivity contribution is 0.00673. The van der Waals surface area contributed by atoms with Crippen LogP contribution in [-0.2, 0) is 14.8 Å². The lowest BCUT2D eigenvalue weighted by Crippen LogP contribution is -2.55. The Morgan fingerprint density at radius 3 is 2.64 bits per heavy atom. The molecule has 1 aromatic rings. The van der Waals surface area contributed by atoms with Crippen molar-refractivity contribution >= 4 is 15.9 Å². The second-order valence-corrected chi connectivity index (χ2v) is 9.47. The molecule has 1 unspecified atom stereocenters. The maximum absolute atomic E-state index is 12.3. The Morgan fingerprint density at radius 1 is 1.25 bits per heavy atom. The van der Waals surface area contributed by atoms with Crippen LogP contribution in [0.25, 0.3) is 0 Å². The van der Waals surface area contributed by atoms with Crippen LogP contribution in [0.2, 0.25) is 0 Å². The first-order valence-corrected chi connectivity index (χ1v) is 11.8. The molecule has 8 nitrogen and oxygen atoms in total. The molecule has 1 atom stereocenters. The van der Waals surface area contributed by atoms with E-state index in [1.807, 2.05) is 0 Å². The van der Waals surface area contributed by atoms with E-state index in [0.29, 0.717) is 37.8 Å². The molecule has 2 aliphatic heterocycles. The van der Waals surface area contributed by atoms with Gasteiger partial charge >= 0.3 is 0 Å². The summed E-state index contributed by atoms with van der Waals surface area (Å²) in [5.41, 5.74) is 0.591. The van der Waals surface area contributed by atoms with Gasteiger partial charge in [-0.3, -0.25) is 14.7 Å². The molecule has 1 aromatic heterocycles. The summed E-state index contributed by atoms with van der Waals surface area (Å²) in [4.78, 5) is 18.6. The van der Waals surface area contributed by atoms with Crippen molar-refractivity contribution in [2.75, 3.05) is 45.6 Å².